The first-order chi connectivity index (χ1) is 10.8. The van der Waals surface area contributed by atoms with Crippen LogP contribution in [0.5, 0.6) is 0 Å². The molecule has 1 fully saturated rings. The van der Waals surface area contributed by atoms with Gasteiger partial charge >= 0.3 is 0 Å². The smallest absolute Gasteiger partial charge is 0.150 e. The Kier molecular flexibility index (Phi) is 3.31. The van der Waals surface area contributed by atoms with Gasteiger partial charge in [-0.2, -0.15) is 5.10 Å². The molecule has 1 aliphatic heterocycles. The first-order valence-electron chi connectivity index (χ1n) is 7.75. The Morgan fingerprint density at radius 3 is 2.77 bits per heavy atom. The highest BCUT2D eigenvalue weighted by Crippen LogP contribution is 2.28. The second-order valence-electron chi connectivity index (χ2n) is 5.85. The van der Waals surface area contributed by atoms with Crippen molar-refractivity contribution in [1.82, 2.24) is 9.78 Å². The Hall–Kier alpha value is -2.33. The first kappa shape index (κ1) is 13.3. The fourth-order valence-corrected chi connectivity index (χ4v) is 3.02. The third-order valence-corrected chi connectivity index (χ3v) is 4.25. The van der Waals surface area contributed by atoms with Crippen LogP contribution in [0.15, 0.2) is 48.8 Å². The quantitative estimate of drug-likeness (QED) is 0.727. The highest BCUT2D eigenvalue weighted by molar-refractivity contribution is 5.89. The second-order valence-corrected chi connectivity index (χ2v) is 5.85. The Morgan fingerprint density at radius 1 is 1.05 bits per heavy atom. The Bertz CT molecular complexity index is 803. The molecule has 1 saturated heterocycles. The summed E-state index contributed by atoms with van der Waals surface area (Å²) in [5, 5.41) is 6.83. The van der Waals surface area contributed by atoms with E-state index in [0.29, 0.717) is 0 Å². The summed E-state index contributed by atoms with van der Waals surface area (Å²) in [6.45, 7) is 0.831. The van der Waals surface area contributed by atoms with Gasteiger partial charge in [0, 0.05) is 24.1 Å². The molecule has 2 N–H and O–H groups in total. The van der Waals surface area contributed by atoms with Crippen LogP contribution >= 0.6 is 0 Å². The molecule has 0 spiro atoms. The van der Waals surface area contributed by atoms with Crippen LogP contribution in [0.4, 0.5) is 5.69 Å². The van der Waals surface area contributed by atoms with Gasteiger partial charge in [-0.3, -0.25) is 0 Å². The maximum absolute atomic E-state index is 5.83. The van der Waals surface area contributed by atoms with E-state index in [1.807, 2.05) is 23.0 Å². The maximum Gasteiger partial charge on any atom is 0.150 e. The molecule has 0 radical (unpaired) electrons. The number of nitrogens with two attached hydrogens (primary N) is 1. The van der Waals surface area contributed by atoms with Gasteiger partial charge in [0.2, 0.25) is 0 Å². The third-order valence-electron chi connectivity index (χ3n) is 4.25. The fourth-order valence-electron chi connectivity index (χ4n) is 3.02. The van der Waals surface area contributed by atoms with Crippen LogP contribution in [0.25, 0.3) is 21.9 Å². The van der Waals surface area contributed by atoms with E-state index in [9.17, 15) is 0 Å². The summed E-state index contributed by atoms with van der Waals surface area (Å²) in [5.74, 6) is 0. The van der Waals surface area contributed by atoms with E-state index in [4.69, 9.17) is 10.5 Å². The SMILES string of the molecule is Nc1ccc2cc(-c3cnn(C4CCCCO4)c3)ccc2c1. The number of hydrogen-bond donors (Lipinski definition) is 1. The number of rotatable bonds is 2. The molecule has 4 heteroatoms. The molecule has 1 unspecified atom stereocenters. The van der Waals surface area contributed by atoms with E-state index in [2.05, 4.69) is 35.6 Å². The summed E-state index contributed by atoms with van der Waals surface area (Å²) in [6, 6.07) is 12.4. The zero-order valence-electron chi connectivity index (χ0n) is 12.4. The van der Waals surface area contributed by atoms with Crippen LogP contribution in [-0.4, -0.2) is 16.4 Å². The second kappa shape index (κ2) is 5.46. The molecule has 2 heterocycles. The first-order valence-corrected chi connectivity index (χ1v) is 7.75. The van der Waals surface area contributed by atoms with Gasteiger partial charge in [0.05, 0.1) is 6.20 Å². The molecule has 0 saturated carbocycles. The highest BCUT2D eigenvalue weighted by atomic mass is 16.5. The lowest BCUT2D eigenvalue weighted by Gasteiger charge is -2.22. The molecule has 1 aliphatic rings. The van der Waals surface area contributed by atoms with Crippen LogP contribution in [0.3, 0.4) is 0 Å². The molecule has 4 nitrogen and oxygen atoms in total. The summed E-state index contributed by atoms with van der Waals surface area (Å²) in [6.07, 6.45) is 7.47. The highest BCUT2D eigenvalue weighted by Gasteiger charge is 2.16. The lowest BCUT2D eigenvalue weighted by molar-refractivity contribution is -0.0394. The Balaban J connectivity index is 1.66. The minimum absolute atomic E-state index is 0.0859. The third kappa shape index (κ3) is 2.46. The molecule has 3 aromatic rings. The van der Waals surface area contributed by atoms with E-state index in [1.165, 1.54) is 17.4 Å². The number of anilines is 1. The van der Waals surface area contributed by atoms with Gasteiger partial charge < -0.3 is 10.5 Å². The van der Waals surface area contributed by atoms with Crippen LogP contribution < -0.4 is 5.73 Å². The average molecular weight is 293 g/mol. The topological polar surface area (TPSA) is 53.1 Å². The summed E-state index contributed by atoms with van der Waals surface area (Å²) < 4.78 is 7.73. The summed E-state index contributed by atoms with van der Waals surface area (Å²) in [5.41, 5.74) is 8.91. The summed E-state index contributed by atoms with van der Waals surface area (Å²) >= 11 is 0. The number of nitrogen functional groups attached to an aromatic ring is 1. The Morgan fingerprint density at radius 2 is 1.91 bits per heavy atom. The minimum Gasteiger partial charge on any atom is -0.399 e. The number of benzene rings is 2. The maximum atomic E-state index is 5.83. The van der Waals surface area contributed by atoms with E-state index >= 15 is 0 Å². The van der Waals surface area contributed by atoms with E-state index in [0.717, 1.165) is 36.1 Å². The largest absolute Gasteiger partial charge is 0.399 e. The molecule has 0 bridgehead atoms. The average Bonchev–Trinajstić information content (AvgIpc) is 3.05. The molecule has 0 amide bonds. The number of ether oxygens (including phenoxy) is 1. The molecule has 22 heavy (non-hydrogen) atoms. The number of hydrogen-bond acceptors (Lipinski definition) is 3. The van der Waals surface area contributed by atoms with E-state index in [-0.39, 0.29) is 6.23 Å². The van der Waals surface area contributed by atoms with Gasteiger partial charge in [0.15, 0.2) is 0 Å². The summed E-state index contributed by atoms with van der Waals surface area (Å²) in [4.78, 5) is 0. The molecule has 112 valence electrons. The monoisotopic (exact) mass is 293 g/mol. The predicted molar refractivity (Wildman–Crippen MR) is 88.4 cm³/mol. The summed E-state index contributed by atoms with van der Waals surface area (Å²) in [7, 11) is 0. The van der Waals surface area contributed by atoms with E-state index < -0.39 is 0 Å². The van der Waals surface area contributed by atoms with Gasteiger partial charge in [-0.1, -0.05) is 18.2 Å². The van der Waals surface area contributed by atoms with Crippen molar-refractivity contribution < 1.29 is 4.74 Å². The number of fused-ring (bicyclic) bond motifs is 1. The lowest BCUT2D eigenvalue weighted by Crippen LogP contribution is -2.18. The van der Waals surface area contributed by atoms with Crippen molar-refractivity contribution in [3.05, 3.63) is 48.8 Å². The van der Waals surface area contributed by atoms with Gasteiger partial charge in [-0.15, -0.1) is 0 Å². The Labute approximate surface area is 129 Å². The molecule has 0 aliphatic carbocycles. The van der Waals surface area contributed by atoms with E-state index in [1.54, 1.807) is 0 Å². The van der Waals surface area contributed by atoms with Crippen molar-refractivity contribution in [3.63, 3.8) is 0 Å². The minimum atomic E-state index is 0.0859. The zero-order valence-corrected chi connectivity index (χ0v) is 12.4. The molecule has 1 atom stereocenters. The van der Waals surface area contributed by atoms with Gasteiger partial charge in [0.25, 0.3) is 0 Å². The van der Waals surface area contributed by atoms with Gasteiger partial charge in [0.1, 0.15) is 6.23 Å². The van der Waals surface area contributed by atoms with Crippen molar-refractivity contribution >= 4 is 16.5 Å². The lowest BCUT2D eigenvalue weighted by atomic mass is 10.0. The van der Waals surface area contributed by atoms with Crippen LogP contribution in [0, 0.1) is 0 Å². The van der Waals surface area contributed by atoms with Crippen molar-refractivity contribution in [3.8, 4) is 11.1 Å². The number of aromatic nitrogens is 2. The molecular formula is C18H19N3O. The van der Waals surface area contributed by atoms with Gasteiger partial charge in [-0.05, 0) is 53.8 Å². The van der Waals surface area contributed by atoms with Gasteiger partial charge in [-0.25, -0.2) is 4.68 Å². The zero-order chi connectivity index (χ0) is 14.9. The fraction of sp³-hybridized carbons (Fsp3) is 0.278. The van der Waals surface area contributed by atoms with Crippen LogP contribution in [0.1, 0.15) is 25.5 Å². The molecule has 2 aromatic carbocycles. The molecular weight excluding hydrogens is 274 g/mol. The van der Waals surface area contributed by atoms with Crippen molar-refractivity contribution in [1.29, 1.82) is 0 Å². The predicted octanol–water partition coefficient (Wildman–Crippen LogP) is 3.98. The molecule has 1 aromatic heterocycles. The molecule has 4 rings (SSSR count). The van der Waals surface area contributed by atoms with Crippen molar-refractivity contribution in [2.75, 3.05) is 12.3 Å². The normalized spacial score (nSPS) is 18.6. The standard InChI is InChI=1S/C18H19N3O/c19-17-7-6-13-9-14(4-5-15(13)10-17)16-11-20-21(12-16)18-3-1-2-8-22-18/h4-7,9-12,18H,1-3,8,19H2. The van der Waals surface area contributed by atoms with Crippen LogP contribution in [0.2, 0.25) is 0 Å². The van der Waals surface area contributed by atoms with Crippen molar-refractivity contribution in [2.24, 2.45) is 0 Å². The number of nitrogens with zero attached hydrogens (tertiary/aromatic N) is 2. The van der Waals surface area contributed by atoms with Crippen molar-refractivity contribution in [2.45, 2.75) is 25.5 Å². The van der Waals surface area contributed by atoms with Crippen LogP contribution in [-0.2, 0) is 4.74 Å².